The predicted octanol–water partition coefficient (Wildman–Crippen LogP) is 2.78. The summed E-state index contributed by atoms with van der Waals surface area (Å²) < 4.78 is 5.34. The normalized spacial score (nSPS) is 12.4. The molecule has 0 fully saturated rings. The first-order chi connectivity index (χ1) is 7.44. The highest BCUT2D eigenvalue weighted by molar-refractivity contribution is 7.09. The van der Waals surface area contributed by atoms with Crippen LogP contribution in [0.25, 0.3) is 0 Å². The van der Waals surface area contributed by atoms with E-state index in [1.54, 1.807) is 18.4 Å². The van der Waals surface area contributed by atoms with Gasteiger partial charge in [0.25, 0.3) is 0 Å². The molecule has 92 valence electrons. The summed E-state index contributed by atoms with van der Waals surface area (Å²) in [7, 11) is 1.74. The van der Waals surface area contributed by atoms with Gasteiger partial charge in [0.15, 0.2) is 0 Å². The second-order valence-electron chi connectivity index (χ2n) is 4.90. The molecule has 0 aliphatic rings. The summed E-state index contributed by atoms with van der Waals surface area (Å²) in [6.45, 7) is 10.1. The Kier molecular flexibility index (Phi) is 4.89. The van der Waals surface area contributed by atoms with Crippen molar-refractivity contribution in [2.75, 3.05) is 13.7 Å². The molecule has 16 heavy (non-hydrogen) atoms. The molecule has 0 spiro atoms. The summed E-state index contributed by atoms with van der Waals surface area (Å²) in [5.74, 6) is 0.522. The Morgan fingerprint density at radius 3 is 2.69 bits per heavy atom. The topological polar surface area (TPSA) is 34.1 Å². The van der Waals surface area contributed by atoms with Gasteiger partial charge in [-0.05, 0) is 13.8 Å². The third kappa shape index (κ3) is 4.20. The maximum Gasteiger partial charge on any atom is 0.0954 e. The number of rotatable bonds is 6. The van der Waals surface area contributed by atoms with Crippen molar-refractivity contribution in [2.45, 2.75) is 45.8 Å². The first-order valence-corrected chi connectivity index (χ1v) is 6.53. The lowest BCUT2D eigenvalue weighted by Crippen LogP contribution is -2.36. The first-order valence-electron chi connectivity index (χ1n) is 5.65. The molecular formula is C12H22N2OS. The SMILES string of the molecule is COC(C)(C)CNCc1csc(C(C)C)n1. The van der Waals surface area contributed by atoms with Crippen LogP contribution in [-0.4, -0.2) is 24.2 Å². The number of aromatic nitrogens is 1. The lowest BCUT2D eigenvalue weighted by atomic mass is 10.1. The van der Waals surface area contributed by atoms with Crippen molar-refractivity contribution in [1.29, 1.82) is 0 Å². The number of nitrogens with one attached hydrogen (secondary N) is 1. The van der Waals surface area contributed by atoms with Crippen molar-refractivity contribution < 1.29 is 4.74 Å². The second-order valence-corrected chi connectivity index (χ2v) is 5.79. The van der Waals surface area contributed by atoms with Gasteiger partial charge in [-0.2, -0.15) is 0 Å². The van der Waals surface area contributed by atoms with E-state index >= 15 is 0 Å². The third-order valence-corrected chi connectivity index (χ3v) is 3.67. The summed E-state index contributed by atoms with van der Waals surface area (Å²) in [4.78, 5) is 4.57. The van der Waals surface area contributed by atoms with Gasteiger partial charge in [0.05, 0.1) is 16.3 Å². The lowest BCUT2D eigenvalue weighted by Gasteiger charge is -2.22. The van der Waals surface area contributed by atoms with Gasteiger partial charge in [-0.25, -0.2) is 4.98 Å². The van der Waals surface area contributed by atoms with E-state index in [1.165, 1.54) is 5.01 Å². The van der Waals surface area contributed by atoms with Crippen molar-refractivity contribution in [3.8, 4) is 0 Å². The second kappa shape index (κ2) is 5.75. The molecule has 0 aliphatic heterocycles. The van der Waals surface area contributed by atoms with Crippen LogP contribution in [0.1, 0.15) is 44.3 Å². The van der Waals surface area contributed by atoms with Crippen LogP contribution in [0.3, 0.4) is 0 Å². The zero-order valence-corrected chi connectivity index (χ0v) is 11.6. The van der Waals surface area contributed by atoms with Crippen molar-refractivity contribution in [2.24, 2.45) is 0 Å². The number of methoxy groups -OCH3 is 1. The fraction of sp³-hybridized carbons (Fsp3) is 0.750. The fourth-order valence-electron chi connectivity index (χ4n) is 1.23. The molecule has 0 atom stereocenters. The molecule has 0 bridgehead atoms. The Morgan fingerprint density at radius 2 is 2.19 bits per heavy atom. The van der Waals surface area contributed by atoms with Gasteiger partial charge >= 0.3 is 0 Å². The minimum atomic E-state index is -0.114. The van der Waals surface area contributed by atoms with Gasteiger partial charge in [0.1, 0.15) is 0 Å². The molecule has 0 unspecified atom stereocenters. The molecular weight excluding hydrogens is 220 g/mol. The highest BCUT2D eigenvalue weighted by Gasteiger charge is 2.15. The van der Waals surface area contributed by atoms with Crippen molar-refractivity contribution in [3.05, 3.63) is 16.1 Å². The van der Waals surface area contributed by atoms with Crippen LogP contribution in [-0.2, 0) is 11.3 Å². The fourth-order valence-corrected chi connectivity index (χ4v) is 2.07. The van der Waals surface area contributed by atoms with Gasteiger partial charge < -0.3 is 10.1 Å². The van der Waals surface area contributed by atoms with Gasteiger partial charge in [-0.3, -0.25) is 0 Å². The van der Waals surface area contributed by atoms with E-state index in [0.717, 1.165) is 18.8 Å². The van der Waals surface area contributed by atoms with Crippen LogP contribution in [0.15, 0.2) is 5.38 Å². The van der Waals surface area contributed by atoms with Crippen LogP contribution in [0.4, 0.5) is 0 Å². The number of nitrogens with zero attached hydrogens (tertiary/aromatic N) is 1. The standard InChI is InChI=1S/C12H22N2OS/c1-9(2)11-14-10(7-16-11)6-13-8-12(3,4)15-5/h7,9,13H,6,8H2,1-5H3. The summed E-state index contributed by atoms with van der Waals surface area (Å²) in [6.07, 6.45) is 0. The molecule has 1 aromatic heterocycles. The maximum atomic E-state index is 5.34. The maximum absolute atomic E-state index is 5.34. The van der Waals surface area contributed by atoms with Gasteiger partial charge in [-0.15, -0.1) is 11.3 Å². The molecule has 1 N–H and O–H groups in total. The summed E-state index contributed by atoms with van der Waals surface area (Å²) in [5, 5.41) is 6.70. The van der Waals surface area contributed by atoms with Gasteiger partial charge in [-0.1, -0.05) is 13.8 Å². The quantitative estimate of drug-likeness (QED) is 0.833. The molecule has 1 aromatic rings. The Balaban J connectivity index is 2.37. The van der Waals surface area contributed by atoms with Crippen LogP contribution in [0.2, 0.25) is 0 Å². The van der Waals surface area contributed by atoms with Crippen molar-refractivity contribution in [1.82, 2.24) is 10.3 Å². The molecule has 1 rings (SSSR count). The van der Waals surface area contributed by atoms with Crippen LogP contribution >= 0.6 is 11.3 Å². The Bertz CT molecular complexity index is 321. The van der Waals surface area contributed by atoms with Crippen molar-refractivity contribution >= 4 is 11.3 Å². The third-order valence-electron chi connectivity index (χ3n) is 2.47. The van der Waals surface area contributed by atoms with E-state index in [9.17, 15) is 0 Å². The molecule has 1 heterocycles. The molecule has 0 amide bonds. The molecule has 0 saturated heterocycles. The number of ether oxygens (including phenoxy) is 1. The van der Waals surface area contributed by atoms with Crippen LogP contribution in [0, 0.1) is 0 Å². The van der Waals surface area contributed by atoms with Crippen LogP contribution < -0.4 is 5.32 Å². The average molecular weight is 242 g/mol. The smallest absolute Gasteiger partial charge is 0.0954 e. The molecule has 0 radical (unpaired) electrons. The Labute approximate surface area is 102 Å². The van der Waals surface area contributed by atoms with E-state index in [1.807, 2.05) is 0 Å². The van der Waals surface area contributed by atoms with E-state index in [2.05, 4.69) is 43.4 Å². The predicted molar refractivity (Wildman–Crippen MR) is 69.0 cm³/mol. The highest BCUT2D eigenvalue weighted by atomic mass is 32.1. The summed E-state index contributed by atoms with van der Waals surface area (Å²) >= 11 is 1.74. The minimum Gasteiger partial charge on any atom is -0.377 e. The Morgan fingerprint density at radius 1 is 1.50 bits per heavy atom. The minimum absolute atomic E-state index is 0.114. The van der Waals surface area contributed by atoms with Crippen molar-refractivity contribution in [3.63, 3.8) is 0 Å². The van der Waals surface area contributed by atoms with E-state index in [-0.39, 0.29) is 5.60 Å². The zero-order valence-electron chi connectivity index (χ0n) is 10.8. The molecule has 3 nitrogen and oxygen atoms in total. The van der Waals surface area contributed by atoms with Gasteiger partial charge in [0.2, 0.25) is 0 Å². The van der Waals surface area contributed by atoms with Gasteiger partial charge in [0, 0.05) is 31.5 Å². The number of hydrogen-bond acceptors (Lipinski definition) is 4. The molecule has 0 saturated carbocycles. The van der Waals surface area contributed by atoms with E-state index in [4.69, 9.17) is 4.74 Å². The first kappa shape index (κ1) is 13.6. The molecule has 0 aromatic carbocycles. The monoisotopic (exact) mass is 242 g/mol. The zero-order chi connectivity index (χ0) is 12.2. The Hall–Kier alpha value is -0.450. The highest BCUT2D eigenvalue weighted by Crippen LogP contribution is 2.19. The number of thiazole rings is 1. The lowest BCUT2D eigenvalue weighted by molar-refractivity contribution is 0.0230. The number of hydrogen-bond donors (Lipinski definition) is 1. The molecule has 4 heteroatoms. The van der Waals surface area contributed by atoms with Crippen LogP contribution in [0.5, 0.6) is 0 Å². The van der Waals surface area contributed by atoms with E-state index in [0.29, 0.717) is 5.92 Å². The average Bonchev–Trinajstić information content (AvgIpc) is 2.66. The summed E-state index contributed by atoms with van der Waals surface area (Å²) in [6, 6.07) is 0. The summed E-state index contributed by atoms with van der Waals surface area (Å²) in [5.41, 5.74) is 1.01. The van der Waals surface area contributed by atoms with E-state index < -0.39 is 0 Å². The largest absolute Gasteiger partial charge is 0.377 e. The molecule has 0 aliphatic carbocycles.